The summed E-state index contributed by atoms with van der Waals surface area (Å²) in [4.78, 5) is 22.5. The maximum Gasteiger partial charge on any atom is 0.522 e. The Morgan fingerprint density at radius 3 is 2.32 bits per heavy atom. The summed E-state index contributed by atoms with van der Waals surface area (Å²) in [7, 11) is 0. The number of anilines is 1. The van der Waals surface area contributed by atoms with Crippen LogP contribution in [0.2, 0.25) is 0 Å². The number of fused-ring (bicyclic) bond motifs is 1. The molecule has 7 nitrogen and oxygen atoms in total. The predicted molar refractivity (Wildman–Crippen MR) is 165 cm³/mol. The molecular formula is C34H38F3N5O2. The molecule has 44 heavy (non-hydrogen) atoms. The first-order chi connectivity index (χ1) is 21.3. The number of benzene rings is 3. The Balaban J connectivity index is 1.07. The molecule has 3 heterocycles. The van der Waals surface area contributed by atoms with Gasteiger partial charge in [-0.15, -0.1) is 13.2 Å². The van der Waals surface area contributed by atoms with E-state index in [0.29, 0.717) is 12.5 Å². The molecule has 1 aromatic heterocycles. The van der Waals surface area contributed by atoms with Crippen molar-refractivity contribution in [2.45, 2.75) is 50.0 Å². The van der Waals surface area contributed by atoms with E-state index in [4.69, 9.17) is 0 Å². The quantitative estimate of drug-likeness (QED) is 0.229. The number of hydrogen-bond acceptors (Lipinski definition) is 5. The summed E-state index contributed by atoms with van der Waals surface area (Å²) in [5, 5.41) is 3.52. The van der Waals surface area contributed by atoms with Crippen LogP contribution >= 0.6 is 0 Å². The Morgan fingerprint density at radius 2 is 1.59 bits per heavy atom. The fourth-order valence-corrected chi connectivity index (χ4v) is 6.71. The summed E-state index contributed by atoms with van der Waals surface area (Å²) in [6.45, 7) is 3.77. The van der Waals surface area contributed by atoms with Gasteiger partial charge in [0, 0.05) is 49.7 Å². The highest BCUT2D eigenvalue weighted by molar-refractivity contribution is 5.94. The van der Waals surface area contributed by atoms with Crippen molar-refractivity contribution in [3.8, 4) is 0 Å². The number of halogens is 3. The Hall–Kier alpha value is -3.89. The molecule has 1 N–H and O–H groups in total. The molecule has 6 rings (SSSR count). The molecule has 0 spiro atoms. The maximum atomic E-state index is 13.3. The van der Waals surface area contributed by atoms with Gasteiger partial charge in [0.05, 0.1) is 17.6 Å². The lowest BCUT2D eigenvalue weighted by atomic mass is 9.76. The lowest BCUT2D eigenvalue weighted by Crippen LogP contribution is -2.42. The lowest BCUT2D eigenvalue weighted by Gasteiger charge is -2.36. The molecule has 3 aromatic carbocycles. The number of carbonyl (C=O) groups is 1. The van der Waals surface area contributed by atoms with E-state index in [0.717, 1.165) is 68.5 Å². The zero-order chi connectivity index (χ0) is 30.6. The van der Waals surface area contributed by atoms with E-state index in [-0.39, 0.29) is 23.9 Å². The molecule has 2 fully saturated rings. The molecule has 4 aromatic rings. The summed E-state index contributed by atoms with van der Waals surface area (Å²) in [5.41, 5.74) is 3.44. The number of amides is 1. The molecule has 0 aliphatic carbocycles. The Labute approximate surface area is 255 Å². The highest BCUT2D eigenvalue weighted by atomic mass is 19.4. The maximum absolute atomic E-state index is 13.3. The fraction of sp³-hybridized carbons (Fsp3) is 0.412. The number of rotatable bonds is 10. The zero-order valence-electron chi connectivity index (χ0n) is 24.7. The third-order valence-corrected chi connectivity index (χ3v) is 9.11. The SMILES string of the molecule is O=C(c1ccccc1)N1CCC(CCN2CCC(Nc3nc4ccccc4n3CCOC(F)(F)F)CC2)(c2ccccc2)C1. The first kappa shape index (κ1) is 30.1. The Bertz CT molecular complexity index is 1540. The number of nitrogens with one attached hydrogen (secondary N) is 1. The smallest absolute Gasteiger partial charge is 0.353 e. The molecule has 1 amide bonds. The van der Waals surface area contributed by atoms with Gasteiger partial charge in [-0.2, -0.15) is 0 Å². The van der Waals surface area contributed by atoms with E-state index in [2.05, 4.69) is 44.2 Å². The molecule has 2 aliphatic rings. The third-order valence-electron chi connectivity index (χ3n) is 9.11. The van der Waals surface area contributed by atoms with Gasteiger partial charge >= 0.3 is 6.36 Å². The standard InChI is InChI=1S/C34H38F3N5O2/c35-34(36,37)44-24-23-42-30-14-8-7-13-29(30)39-32(42)38-28-15-19-40(20-16-28)21-17-33(27-11-5-2-6-12-27)18-22-41(25-33)31(43)26-9-3-1-4-10-26/h1-14,28H,15-25H2,(H,38,39). The minimum Gasteiger partial charge on any atom is -0.353 e. The lowest BCUT2D eigenvalue weighted by molar-refractivity contribution is -0.325. The number of alkyl halides is 3. The monoisotopic (exact) mass is 605 g/mol. The van der Waals surface area contributed by atoms with Gasteiger partial charge in [0.15, 0.2) is 0 Å². The van der Waals surface area contributed by atoms with Crippen LogP contribution in [0.1, 0.15) is 41.6 Å². The van der Waals surface area contributed by atoms with Crippen molar-refractivity contribution < 1.29 is 22.7 Å². The number of likely N-dealkylation sites (tertiary alicyclic amines) is 2. The average molecular weight is 606 g/mol. The van der Waals surface area contributed by atoms with Crippen LogP contribution in [0.3, 0.4) is 0 Å². The van der Waals surface area contributed by atoms with Crippen molar-refractivity contribution in [1.29, 1.82) is 0 Å². The summed E-state index contributed by atoms with van der Waals surface area (Å²) >= 11 is 0. The summed E-state index contributed by atoms with van der Waals surface area (Å²) in [5.74, 6) is 0.666. The van der Waals surface area contributed by atoms with Crippen LogP contribution in [0.4, 0.5) is 19.1 Å². The van der Waals surface area contributed by atoms with Gasteiger partial charge < -0.3 is 19.7 Å². The van der Waals surface area contributed by atoms with E-state index in [9.17, 15) is 18.0 Å². The van der Waals surface area contributed by atoms with Gasteiger partial charge in [0.2, 0.25) is 5.95 Å². The molecule has 0 bridgehead atoms. The van der Waals surface area contributed by atoms with Crippen LogP contribution in [0.15, 0.2) is 84.9 Å². The molecule has 1 unspecified atom stereocenters. The van der Waals surface area contributed by atoms with E-state index in [1.807, 2.05) is 65.6 Å². The molecule has 232 valence electrons. The molecule has 2 saturated heterocycles. The van der Waals surface area contributed by atoms with Crippen molar-refractivity contribution in [2.75, 3.05) is 44.6 Å². The fourth-order valence-electron chi connectivity index (χ4n) is 6.71. The van der Waals surface area contributed by atoms with Crippen LogP contribution in [0, 0.1) is 0 Å². The van der Waals surface area contributed by atoms with Gasteiger partial charge in [0.1, 0.15) is 0 Å². The van der Waals surface area contributed by atoms with Crippen LogP contribution in [-0.2, 0) is 16.7 Å². The second-order valence-electron chi connectivity index (χ2n) is 11.9. The number of aromatic nitrogens is 2. The highest BCUT2D eigenvalue weighted by Gasteiger charge is 2.41. The minimum absolute atomic E-state index is 0.0482. The van der Waals surface area contributed by atoms with Crippen molar-refractivity contribution in [1.82, 2.24) is 19.4 Å². The van der Waals surface area contributed by atoms with Gasteiger partial charge in [-0.3, -0.25) is 9.53 Å². The Morgan fingerprint density at radius 1 is 0.909 bits per heavy atom. The first-order valence-electron chi connectivity index (χ1n) is 15.3. The number of carbonyl (C=O) groups excluding carboxylic acids is 1. The van der Waals surface area contributed by atoms with Crippen molar-refractivity contribution >= 4 is 22.9 Å². The number of para-hydroxylation sites is 2. The van der Waals surface area contributed by atoms with Crippen LogP contribution in [-0.4, -0.2) is 77.0 Å². The van der Waals surface area contributed by atoms with Crippen LogP contribution in [0.5, 0.6) is 0 Å². The average Bonchev–Trinajstić information content (AvgIpc) is 3.63. The van der Waals surface area contributed by atoms with Gasteiger partial charge in [-0.1, -0.05) is 60.7 Å². The summed E-state index contributed by atoms with van der Waals surface area (Å²) in [6, 6.07) is 27.7. The van der Waals surface area contributed by atoms with Crippen LogP contribution < -0.4 is 5.32 Å². The van der Waals surface area contributed by atoms with Gasteiger partial charge in [-0.25, -0.2) is 4.98 Å². The second kappa shape index (κ2) is 13.0. The topological polar surface area (TPSA) is 62.6 Å². The summed E-state index contributed by atoms with van der Waals surface area (Å²) < 4.78 is 43.7. The molecular weight excluding hydrogens is 567 g/mol. The Kier molecular flexibility index (Phi) is 8.91. The van der Waals surface area contributed by atoms with Gasteiger partial charge in [-0.05, 0) is 62.1 Å². The van der Waals surface area contributed by atoms with Crippen LogP contribution in [0.25, 0.3) is 11.0 Å². The number of ether oxygens (including phenoxy) is 1. The number of imidazole rings is 1. The van der Waals surface area contributed by atoms with Gasteiger partial charge in [0.25, 0.3) is 5.91 Å². The molecule has 0 saturated carbocycles. The molecule has 1 atom stereocenters. The number of hydrogen-bond donors (Lipinski definition) is 1. The number of nitrogens with zero attached hydrogens (tertiary/aromatic N) is 4. The van der Waals surface area contributed by atoms with E-state index < -0.39 is 13.0 Å². The highest BCUT2D eigenvalue weighted by Crippen LogP contribution is 2.39. The molecule has 2 aliphatic heterocycles. The normalized spacial score (nSPS) is 19.9. The number of piperidine rings is 1. The molecule has 0 radical (unpaired) electrons. The van der Waals surface area contributed by atoms with E-state index >= 15 is 0 Å². The largest absolute Gasteiger partial charge is 0.522 e. The third kappa shape index (κ3) is 6.92. The van der Waals surface area contributed by atoms with E-state index in [1.165, 1.54) is 5.56 Å². The van der Waals surface area contributed by atoms with Crippen molar-refractivity contribution in [3.05, 3.63) is 96.1 Å². The van der Waals surface area contributed by atoms with Crippen molar-refractivity contribution in [3.63, 3.8) is 0 Å². The minimum atomic E-state index is -4.66. The van der Waals surface area contributed by atoms with Crippen molar-refractivity contribution in [2.24, 2.45) is 0 Å². The predicted octanol–water partition coefficient (Wildman–Crippen LogP) is 6.32. The zero-order valence-corrected chi connectivity index (χ0v) is 24.7. The first-order valence-corrected chi connectivity index (χ1v) is 15.3. The molecule has 10 heteroatoms. The summed E-state index contributed by atoms with van der Waals surface area (Å²) in [6.07, 6.45) is -0.965. The van der Waals surface area contributed by atoms with E-state index in [1.54, 1.807) is 4.57 Å². The second-order valence-corrected chi connectivity index (χ2v) is 11.9.